The average molecular weight is 346 g/mol. The first kappa shape index (κ1) is 18.2. The lowest BCUT2D eigenvalue weighted by Gasteiger charge is -2.21. The highest BCUT2D eigenvalue weighted by Crippen LogP contribution is 2.33. The van der Waals surface area contributed by atoms with Gasteiger partial charge in [-0.3, -0.25) is 0 Å². The monoisotopic (exact) mass is 346 g/mol. The lowest BCUT2D eigenvalue weighted by Crippen LogP contribution is -2.22. The second kappa shape index (κ2) is 9.24. The lowest BCUT2D eigenvalue weighted by atomic mass is 10.2. The van der Waals surface area contributed by atoms with Crippen LogP contribution < -0.4 is 15.9 Å². The van der Waals surface area contributed by atoms with Crippen molar-refractivity contribution in [2.45, 2.75) is 13.6 Å². The van der Waals surface area contributed by atoms with E-state index in [0.717, 1.165) is 0 Å². The molecule has 3 rings (SSSR count). The molecule has 0 heterocycles. The van der Waals surface area contributed by atoms with Gasteiger partial charge in [-0.25, -0.2) is 0 Å². The summed E-state index contributed by atoms with van der Waals surface area (Å²) < 4.78 is 29.0. The van der Waals surface area contributed by atoms with Crippen molar-refractivity contribution in [2.24, 2.45) is 0 Å². The summed E-state index contributed by atoms with van der Waals surface area (Å²) in [5, 5.41) is 4.26. The average Bonchev–Trinajstić information content (AvgIpc) is 2.58. The summed E-state index contributed by atoms with van der Waals surface area (Å²) in [4.78, 5) is 0. The van der Waals surface area contributed by atoms with Crippen molar-refractivity contribution in [3.8, 4) is 0 Å². The summed E-state index contributed by atoms with van der Waals surface area (Å²) in [6.07, 6.45) is 0. The largest absolute Gasteiger partial charge is 0.379 e. The fourth-order valence-electron chi connectivity index (χ4n) is 2.40. The number of benzene rings is 3. The minimum atomic E-state index is -3.67. The van der Waals surface area contributed by atoms with Crippen LogP contribution in [0.3, 0.4) is 0 Å². The predicted molar refractivity (Wildman–Crippen MR) is 97.0 cm³/mol. The van der Waals surface area contributed by atoms with Crippen molar-refractivity contribution < 1.29 is 13.2 Å². The van der Waals surface area contributed by atoms with Gasteiger partial charge in [0.25, 0.3) is 0 Å². The van der Waals surface area contributed by atoms with E-state index in [0.29, 0.717) is 0 Å². The third-order valence-electron chi connectivity index (χ3n) is 3.39. The Morgan fingerprint density at radius 2 is 1.00 bits per heavy atom. The maximum Gasteiger partial charge on any atom is 0.379 e. The molecule has 0 N–H and O–H groups in total. The second-order valence-electron chi connectivity index (χ2n) is 5.04. The van der Waals surface area contributed by atoms with E-state index < -0.39 is 14.6 Å². The molecule has 24 heavy (non-hydrogen) atoms. The van der Waals surface area contributed by atoms with Gasteiger partial charge in [0.15, 0.2) is 0 Å². The summed E-state index contributed by atoms with van der Waals surface area (Å²) in [5.41, 5.74) is 1.37. The van der Waals surface area contributed by atoms with Crippen LogP contribution in [0.1, 0.15) is 5.56 Å². The molecule has 0 spiro atoms. The normalized spacial score (nSPS) is 10.4. The molecule has 3 aromatic rings. The van der Waals surface area contributed by atoms with Crippen LogP contribution >= 0.6 is 7.92 Å². The van der Waals surface area contributed by atoms with Crippen LogP contribution in [-0.4, -0.2) is 6.68 Å². The summed E-state index contributed by atoms with van der Waals surface area (Å²) in [7, 11) is -0.467. The molecule has 0 saturated heterocycles. The molecule has 0 bridgehead atoms. The van der Waals surface area contributed by atoms with Crippen molar-refractivity contribution in [3.63, 3.8) is 0 Å². The summed E-state index contributed by atoms with van der Waals surface area (Å²) in [5.74, 6) is 0. The van der Waals surface area contributed by atoms with Gasteiger partial charge >= 0.3 is 6.68 Å². The molecule has 0 aliphatic rings. The van der Waals surface area contributed by atoms with E-state index in [1.54, 1.807) is 0 Å². The number of aryl methyl sites for hydroxylation is 1. The Hall–Kier alpha value is -2.12. The first-order valence-electron chi connectivity index (χ1n) is 7.47. The van der Waals surface area contributed by atoms with Gasteiger partial charge in [0.2, 0.25) is 0 Å². The molecule has 0 amide bonds. The topological polar surface area (TPSA) is 0 Å². The molecule has 0 nitrogen and oxygen atoms in total. The lowest BCUT2D eigenvalue weighted by molar-refractivity contribution is 0.00819. The van der Waals surface area contributed by atoms with E-state index in [2.05, 4.69) is 91.9 Å². The molecule has 0 aliphatic carbocycles. The maximum atomic E-state index is 9.67. The third kappa shape index (κ3) is 5.21. The van der Waals surface area contributed by atoms with E-state index >= 15 is 0 Å². The summed E-state index contributed by atoms with van der Waals surface area (Å²) in [6.45, 7) is -1.46. The Labute approximate surface area is 141 Å². The van der Waals surface area contributed by atoms with Crippen molar-refractivity contribution in [1.29, 1.82) is 0 Å². The number of halogens is 3. The van der Waals surface area contributed by atoms with Crippen LogP contribution in [0.25, 0.3) is 0 Å². The van der Waals surface area contributed by atoms with Gasteiger partial charge in [-0.05, 0) is 36.3 Å². The van der Waals surface area contributed by atoms with Crippen molar-refractivity contribution >= 4 is 23.8 Å². The molecule has 0 aliphatic heterocycles. The zero-order chi connectivity index (χ0) is 17.4. The minimum absolute atomic E-state index is 0.467. The van der Waals surface area contributed by atoms with Crippen LogP contribution in [0.2, 0.25) is 0 Å². The van der Waals surface area contributed by atoms with Gasteiger partial charge in [0.1, 0.15) is 0 Å². The van der Waals surface area contributed by atoms with E-state index in [1.165, 1.54) is 21.5 Å². The summed E-state index contributed by atoms with van der Waals surface area (Å²) >= 11 is 0. The van der Waals surface area contributed by atoms with Gasteiger partial charge in [-0.2, -0.15) is 13.2 Å². The smallest absolute Gasteiger partial charge is 0.174 e. The van der Waals surface area contributed by atoms with Crippen molar-refractivity contribution in [3.05, 3.63) is 90.5 Å². The third-order valence-corrected chi connectivity index (χ3v) is 6.00. The quantitative estimate of drug-likeness (QED) is 0.590. The van der Waals surface area contributed by atoms with Gasteiger partial charge in [0, 0.05) is 0 Å². The highest BCUT2D eigenvalue weighted by Gasteiger charge is 2.17. The molecule has 0 fully saturated rings. The van der Waals surface area contributed by atoms with E-state index in [-0.39, 0.29) is 0 Å². The fraction of sp³-hybridized carbons (Fsp3) is 0.100. The number of rotatable bonds is 3. The molecular weight excluding hydrogens is 328 g/mol. The van der Waals surface area contributed by atoms with Gasteiger partial charge in [-0.15, -0.1) is 0 Å². The molecule has 4 heteroatoms. The Bertz CT molecular complexity index is 688. The maximum absolute atomic E-state index is 9.67. The van der Waals surface area contributed by atoms with Crippen LogP contribution in [-0.2, 0) is 0 Å². The molecule has 0 atom stereocenters. The predicted octanol–water partition coefficient (Wildman–Crippen LogP) is 4.93. The van der Waals surface area contributed by atoms with E-state index in [4.69, 9.17) is 0 Å². The summed E-state index contributed by atoms with van der Waals surface area (Å²) in [6, 6.07) is 30.4. The van der Waals surface area contributed by atoms with Crippen molar-refractivity contribution in [1.82, 2.24) is 0 Å². The van der Waals surface area contributed by atoms with Crippen molar-refractivity contribution in [2.75, 3.05) is 0 Å². The highest BCUT2D eigenvalue weighted by atomic mass is 31.1. The van der Waals surface area contributed by atoms with E-state index in [9.17, 15) is 13.2 Å². The Balaban J connectivity index is 0.000000471. The van der Waals surface area contributed by atoms with Crippen LogP contribution in [0.15, 0.2) is 84.9 Å². The van der Waals surface area contributed by atoms with Crippen LogP contribution in [0.5, 0.6) is 0 Å². The zero-order valence-corrected chi connectivity index (χ0v) is 14.1. The molecular formula is C20H18F3P. The Morgan fingerprint density at radius 3 is 1.42 bits per heavy atom. The Morgan fingerprint density at radius 1 is 0.625 bits per heavy atom. The van der Waals surface area contributed by atoms with Gasteiger partial charge < -0.3 is 0 Å². The van der Waals surface area contributed by atoms with Crippen LogP contribution in [0.4, 0.5) is 13.2 Å². The molecule has 3 aromatic carbocycles. The molecule has 124 valence electrons. The zero-order valence-electron chi connectivity index (χ0n) is 13.2. The molecule has 0 radical (unpaired) electrons. The second-order valence-corrected chi connectivity index (χ2v) is 7.23. The highest BCUT2D eigenvalue weighted by molar-refractivity contribution is 7.79. The van der Waals surface area contributed by atoms with Crippen LogP contribution in [0, 0.1) is 6.92 Å². The molecule has 0 unspecified atom stereocenters. The number of alkyl halides is 3. The van der Waals surface area contributed by atoms with Gasteiger partial charge in [0.05, 0.1) is 0 Å². The first-order chi connectivity index (χ1) is 11.6. The number of hydrogen-bond donors (Lipinski definition) is 0. The number of hydrogen-bond acceptors (Lipinski definition) is 0. The van der Waals surface area contributed by atoms with E-state index in [1.807, 2.05) is 0 Å². The molecule has 0 saturated carbocycles. The first-order valence-corrected chi connectivity index (χ1v) is 8.82. The SMILES string of the molecule is Cc1ccccc1P(c1ccccc1)c1ccccc1.FC(F)F. The minimum Gasteiger partial charge on any atom is -0.174 e. The standard InChI is InChI=1S/C19H17P.CHF3/c1-16-10-8-9-15-19(16)20(17-11-4-2-5-12-17)18-13-6-3-7-14-18;2-1(3)4/h2-15H,1H3;1H. The Kier molecular flexibility index (Phi) is 7.02. The van der Waals surface area contributed by atoms with Gasteiger partial charge in [-0.1, -0.05) is 84.9 Å². The molecule has 0 aromatic heterocycles. The fourth-order valence-corrected chi connectivity index (χ4v) is 4.85.